The summed E-state index contributed by atoms with van der Waals surface area (Å²) >= 11 is 0. The fourth-order valence-electron chi connectivity index (χ4n) is 2.67. The summed E-state index contributed by atoms with van der Waals surface area (Å²) < 4.78 is 10.6. The number of carboxylic acids is 1. The molecule has 7 heteroatoms. The van der Waals surface area contributed by atoms with Gasteiger partial charge in [-0.2, -0.15) is 0 Å². The third-order valence-corrected chi connectivity index (χ3v) is 4.28. The van der Waals surface area contributed by atoms with Crippen molar-refractivity contribution in [2.75, 3.05) is 32.6 Å². The summed E-state index contributed by atoms with van der Waals surface area (Å²) in [6.45, 7) is 4.12. The van der Waals surface area contributed by atoms with Crippen LogP contribution in [0.4, 0.5) is 10.5 Å². The number of likely N-dealkylation sites (tertiary alicyclic amines) is 1. The predicted octanol–water partition coefficient (Wildman–Crippen LogP) is 2.34. The summed E-state index contributed by atoms with van der Waals surface area (Å²) in [6.07, 6.45) is 0.441. The zero-order valence-corrected chi connectivity index (χ0v) is 13.8. The summed E-state index contributed by atoms with van der Waals surface area (Å²) in [4.78, 5) is 25.1. The van der Waals surface area contributed by atoms with E-state index in [1.165, 1.54) is 4.90 Å². The van der Waals surface area contributed by atoms with E-state index in [9.17, 15) is 14.7 Å². The summed E-state index contributed by atoms with van der Waals surface area (Å²) in [5, 5.41) is 12.0. The van der Waals surface area contributed by atoms with Crippen molar-refractivity contribution in [2.24, 2.45) is 5.41 Å². The van der Waals surface area contributed by atoms with Crippen LogP contribution in [0.15, 0.2) is 12.1 Å². The smallest absolute Gasteiger partial charge is 0.321 e. The molecular weight excluding hydrogens is 300 g/mol. The number of anilines is 1. The van der Waals surface area contributed by atoms with Gasteiger partial charge in [0.25, 0.3) is 0 Å². The molecule has 0 aromatic heterocycles. The van der Waals surface area contributed by atoms with Gasteiger partial charge >= 0.3 is 12.0 Å². The number of urea groups is 1. The van der Waals surface area contributed by atoms with Gasteiger partial charge in [0, 0.05) is 36.5 Å². The molecule has 0 spiro atoms. The number of rotatable bonds is 4. The van der Waals surface area contributed by atoms with Gasteiger partial charge in [-0.25, -0.2) is 4.79 Å². The first-order valence-electron chi connectivity index (χ1n) is 7.32. The van der Waals surface area contributed by atoms with Gasteiger partial charge in [0.15, 0.2) is 0 Å². The molecule has 1 aromatic carbocycles. The van der Waals surface area contributed by atoms with Crippen LogP contribution in [0.1, 0.15) is 18.9 Å². The average molecular weight is 322 g/mol. The predicted molar refractivity (Wildman–Crippen MR) is 85.2 cm³/mol. The molecule has 1 aliphatic heterocycles. The molecule has 1 aliphatic rings. The van der Waals surface area contributed by atoms with Gasteiger partial charge in [0.2, 0.25) is 0 Å². The standard InChI is InChI=1S/C16H22N2O5/c1-10-12(22-3)7-11(8-13(10)23-4)17-15(21)18-6-5-16(2,9-18)14(19)20/h7-8H,5-6,9H2,1-4H3,(H,17,21)(H,19,20). The number of aliphatic carboxylic acids is 1. The van der Waals surface area contributed by atoms with Gasteiger partial charge in [0.1, 0.15) is 11.5 Å². The number of methoxy groups -OCH3 is 2. The van der Waals surface area contributed by atoms with Crippen molar-refractivity contribution in [3.63, 3.8) is 0 Å². The first-order valence-corrected chi connectivity index (χ1v) is 7.32. The molecule has 0 radical (unpaired) electrons. The van der Waals surface area contributed by atoms with Gasteiger partial charge in [-0.15, -0.1) is 0 Å². The molecule has 1 heterocycles. The number of hydrogen-bond acceptors (Lipinski definition) is 4. The Morgan fingerprint density at radius 3 is 2.26 bits per heavy atom. The van der Waals surface area contributed by atoms with Crippen molar-refractivity contribution < 1.29 is 24.2 Å². The first-order chi connectivity index (χ1) is 10.8. The van der Waals surface area contributed by atoms with Crippen molar-refractivity contribution in [2.45, 2.75) is 20.3 Å². The Morgan fingerprint density at radius 1 is 1.26 bits per heavy atom. The van der Waals surface area contributed by atoms with E-state index in [4.69, 9.17) is 9.47 Å². The van der Waals surface area contributed by atoms with Crippen molar-refractivity contribution in [1.82, 2.24) is 4.90 Å². The van der Waals surface area contributed by atoms with Crippen LogP contribution in [0.2, 0.25) is 0 Å². The number of hydrogen-bond donors (Lipinski definition) is 2. The minimum absolute atomic E-state index is 0.189. The Kier molecular flexibility index (Phi) is 4.68. The van der Waals surface area contributed by atoms with Crippen molar-refractivity contribution in [3.05, 3.63) is 17.7 Å². The van der Waals surface area contributed by atoms with Gasteiger partial charge in [0.05, 0.1) is 19.6 Å². The van der Waals surface area contributed by atoms with E-state index in [1.807, 2.05) is 6.92 Å². The molecule has 0 saturated carbocycles. The van der Waals surface area contributed by atoms with Crippen LogP contribution in [0.5, 0.6) is 11.5 Å². The number of amides is 2. The maximum atomic E-state index is 12.3. The molecule has 2 N–H and O–H groups in total. The van der Waals surface area contributed by atoms with Crippen LogP contribution in [-0.2, 0) is 4.79 Å². The van der Waals surface area contributed by atoms with Crippen LogP contribution in [-0.4, -0.2) is 49.3 Å². The lowest BCUT2D eigenvalue weighted by molar-refractivity contribution is -0.146. The highest BCUT2D eigenvalue weighted by Gasteiger charge is 2.42. The Balaban J connectivity index is 2.14. The Bertz CT molecular complexity index is 606. The minimum Gasteiger partial charge on any atom is -0.496 e. The summed E-state index contributed by atoms with van der Waals surface area (Å²) in [7, 11) is 3.10. The molecule has 1 fully saturated rings. The van der Waals surface area contributed by atoms with E-state index in [0.717, 1.165) is 5.56 Å². The fraction of sp³-hybridized carbons (Fsp3) is 0.500. The highest BCUT2D eigenvalue weighted by atomic mass is 16.5. The van der Waals surface area contributed by atoms with Gasteiger partial charge < -0.3 is 24.8 Å². The number of benzene rings is 1. The molecule has 1 atom stereocenters. The highest BCUT2D eigenvalue weighted by Crippen LogP contribution is 2.33. The van der Waals surface area contributed by atoms with Crippen LogP contribution in [0.3, 0.4) is 0 Å². The summed E-state index contributed by atoms with van der Waals surface area (Å²) in [6, 6.07) is 3.09. The van der Waals surface area contributed by atoms with E-state index in [1.54, 1.807) is 33.3 Å². The number of carbonyl (C=O) groups is 2. The van der Waals surface area contributed by atoms with E-state index >= 15 is 0 Å². The Labute approximate surface area is 135 Å². The highest BCUT2D eigenvalue weighted by molar-refractivity contribution is 5.91. The second-order valence-electron chi connectivity index (χ2n) is 5.97. The molecule has 7 nitrogen and oxygen atoms in total. The number of nitrogens with zero attached hydrogens (tertiary/aromatic N) is 1. The van der Waals surface area contributed by atoms with E-state index in [0.29, 0.717) is 30.2 Å². The largest absolute Gasteiger partial charge is 0.496 e. The maximum Gasteiger partial charge on any atom is 0.321 e. The maximum absolute atomic E-state index is 12.3. The molecule has 0 bridgehead atoms. The SMILES string of the molecule is COc1cc(NC(=O)N2CCC(C)(C(=O)O)C2)cc(OC)c1C. The number of ether oxygens (including phenoxy) is 2. The molecule has 126 valence electrons. The number of carboxylic acid groups (broad SMARTS) is 1. The quantitative estimate of drug-likeness (QED) is 0.888. The number of carbonyl (C=O) groups excluding carboxylic acids is 1. The fourth-order valence-corrected chi connectivity index (χ4v) is 2.67. The Morgan fingerprint density at radius 2 is 1.83 bits per heavy atom. The van der Waals surface area contributed by atoms with Crippen LogP contribution < -0.4 is 14.8 Å². The van der Waals surface area contributed by atoms with Gasteiger partial charge in [-0.1, -0.05) is 0 Å². The van der Waals surface area contributed by atoms with Gasteiger partial charge in [-0.3, -0.25) is 4.79 Å². The molecule has 2 rings (SSSR count). The zero-order chi connectivity index (χ0) is 17.2. The van der Waals surface area contributed by atoms with Crippen LogP contribution in [0, 0.1) is 12.3 Å². The topological polar surface area (TPSA) is 88.1 Å². The van der Waals surface area contributed by atoms with Crippen molar-refractivity contribution >= 4 is 17.7 Å². The molecule has 1 saturated heterocycles. The monoisotopic (exact) mass is 322 g/mol. The molecule has 2 amide bonds. The molecule has 1 aromatic rings. The minimum atomic E-state index is -0.889. The van der Waals surface area contributed by atoms with Crippen LogP contribution >= 0.6 is 0 Å². The lowest BCUT2D eigenvalue weighted by atomic mass is 9.90. The van der Waals surface area contributed by atoms with E-state index < -0.39 is 11.4 Å². The first kappa shape index (κ1) is 16.9. The average Bonchev–Trinajstić information content (AvgIpc) is 2.93. The van der Waals surface area contributed by atoms with Crippen LogP contribution in [0.25, 0.3) is 0 Å². The lowest BCUT2D eigenvalue weighted by Gasteiger charge is -2.21. The normalized spacial score (nSPS) is 20.3. The van der Waals surface area contributed by atoms with E-state index in [-0.39, 0.29) is 12.6 Å². The second kappa shape index (κ2) is 6.36. The summed E-state index contributed by atoms with van der Waals surface area (Å²) in [5.74, 6) is 0.333. The third-order valence-electron chi connectivity index (χ3n) is 4.28. The molecule has 1 unspecified atom stereocenters. The molecule has 23 heavy (non-hydrogen) atoms. The van der Waals surface area contributed by atoms with Crippen molar-refractivity contribution in [1.29, 1.82) is 0 Å². The van der Waals surface area contributed by atoms with Gasteiger partial charge in [-0.05, 0) is 20.3 Å². The summed E-state index contributed by atoms with van der Waals surface area (Å²) in [5.41, 5.74) is 0.492. The number of nitrogens with one attached hydrogen (secondary N) is 1. The molecular formula is C16H22N2O5. The molecule has 0 aliphatic carbocycles. The second-order valence-corrected chi connectivity index (χ2v) is 5.97. The van der Waals surface area contributed by atoms with E-state index in [2.05, 4.69) is 5.32 Å². The lowest BCUT2D eigenvalue weighted by Crippen LogP contribution is -2.37. The van der Waals surface area contributed by atoms with Crippen molar-refractivity contribution in [3.8, 4) is 11.5 Å². The third kappa shape index (κ3) is 3.33. The zero-order valence-electron chi connectivity index (χ0n) is 13.8. The Hall–Kier alpha value is -2.44.